The summed E-state index contributed by atoms with van der Waals surface area (Å²) < 4.78 is 14.8. The van der Waals surface area contributed by atoms with Crippen molar-refractivity contribution in [1.82, 2.24) is 15.0 Å². The number of benzene rings is 4. The smallest absolute Gasteiger partial charge is 0.299 e. The molecule has 1 amide bonds. The van der Waals surface area contributed by atoms with E-state index in [0.717, 1.165) is 38.9 Å². The molecule has 5 aromatic rings. The summed E-state index contributed by atoms with van der Waals surface area (Å²) in [5.41, 5.74) is 7.32. The number of ketones is 1. The third kappa shape index (κ3) is 7.79. The maximum absolute atomic E-state index is 12.6. The van der Waals surface area contributed by atoms with E-state index in [0.29, 0.717) is 47.1 Å². The van der Waals surface area contributed by atoms with Crippen molar-refractivity contribution in [2.75, 3.05) is 30.5 Å². The maximum Gasteiger partial charge on any atom is 0.299 e. The number of carbonyl (C=O) groups excluding carboxylic acids is 2. The second-order valence-corrected chi connectivity index (χ2v) is 13.1. The topological polar surface area (TPSA) is 86.6 Å². The first-order valence-corrected chi connectivity index (χ1v) is 17.5. The zero-order valence-electron chi connectivity index (χ0n) is 25.8. The van der Waals surface area contributed by atoms with Gasteiger partial charge in [-0.2, -0.15) is 0 Å². The van der Waals surface area contributed by atoms with Crippen molar-refractivity contribution in [2.45, 2.75) is 19.6 Å². The number of Topliss-reactive ketones (excluding diaryl/α,β-unsaturated/α-hetero) is 1. The molecule has 1 aliphatic heterocycles. The number of hydrogen-bond acceptors (Lipinski definition) is 6. The Morgan fingerprint density at radius 2 is 1.50 bits per heavy atom. The van der Waals surface area contributed by atoms with Gasteiger partial charge in [-0.3, -0.25) is 14.3 Å². The number of carbonyl (C=O) groups is 2. The van der Waals surface area contributed by atoms with Crippen molar-refractivity contribution in [2.24, 2.45) is 0 Å². The van der Waals surface area contributed by atoms with E-state index >= 15 is 0 Å². The van der Waals surface area contributed by atoms with Gasteiger partial charge in [-0.1, -0.05) is 93.9 Å². The molecule has 48 heavy (non-hydrogen) atoms. The SMILES string of the molecule is O=C1C(=O)N(CCn2cc(COCCOc3ccc(/C(=C(/CCCl)c4ccccc4)c4ccccc4)cc3)nn2)c2c(Br)cc(Br)cc21. The second-order valence-electron chi connectivity index (χ2n) is 11.0. The van der Waals surface area contributed by atoms with Gasteiger partial charge in [-0.15, -0.1) is 16.7 Å². The predicted molar refractivity (Wildman–Crippen MR) is 194 cm³/mol. The van der Waals surface area contributed by atoms with Crippen LogP contribution in [-0.2, 0) is 22.7 Å². The molecule has 0 saturated carbocycles. The Labute approximate surface area is 300 Å². The van der Waals surface area contributed by atoms with E-state index < -0.39 is 11.7 Å². The molecule has 0 spiro atoms. The van der Waals surface area contributed by atoms with Crippen LogP contribution in [0.1, 0.15) is 39.2 Å². The molecule has 8 nitrogen and oxygen atoms in total. The highest BCUT2D eigenvalue weighted by Gasteiger charge is 2.37. The Balaban J connectivity index is 1.02. The van der Waals surface area contributed by atoms with E-state index in [1.807, 2.05) is 54.6 Å². The molecule has 6 rings (SSSR count). The Morgan fingerprint density at radius 1 is 0.812 bits per heavy atom. The number of allylic oxidation sites excluding steroid dienone is 1. The normalized spacial score (nSPS) is 13.1. The summed E-state index contributed by atoms with van der Waals surface area (Å²) in [6.07, 6.45) is 2.51. The number of aromatic nitrogens is 3. The number of hydrogen-bond donors (Lipinski definition) is 0. The van der Waals surface area contributed by atoms with Crippen LogP contribution in [0.15, 0.2) is 112 Å². The van der Waals surface area contributed by atoms with E-state index in [4.69, 9.17) is 21.1 Å². The highest BCUT2D eigenvalue weighted by atomic mass is 79.9. The summed E-state index contributed by atoms with van der Waals surface area (Å²) in [6.45, 7) is 1.64. The van der Waals surface area contributed by atoms with Crippen LogP contribution in [0.25, 0.3) is 11.1 Å². The summed E-state index contributed by atoms with van der Waals surface area (Å²) >= 11 is 13.1. The lowest BCUT2D eigenvalue weighted by Gasteiger charge is -2.17. The first-order chi connectivity index (χ1) is 23.4. The molecule has 0 unspecified atom stereocenters. The number of alkyl halides is 1. The van der Waals surface area contributed by atoms with Crippen LogP contribution in [0, 0.1) is 0 Å². The lowest BCUT2D eigenvalue weighted by Crippen LogP contribution is -2.33. The van der Waals surface area contributed by atoms with Crippen molar-refractivity contribution in [3.05, 3.63) is 140 Å². The van der Waals surface area contributed by atoms with Crippen LogP contribution in [0.5, 0.6) is 5.75 Å². The Bertz CT molecular complexity index is 1930. The van der Waals surface area contributed by atoms with E-state index in [2.05, 4.69) is 78.6 Å². The van der Waals surface area contributed by atoms with Crippen molar-refractivity contribution in [1.29, 1.82) is 0 Å². The van der Waals surface area contributed by atoms with Crippen LogP contribution in [0.3, 0.4) is 0 Å². The van der Waals surface area contributed by atoms with Crippen LogP contribution in [-0.4, -0.2) is 52.3 Å². The quantitative estimate of drug-likeness (QED) is 0.0488. The highest BCUT2D eigenvalue weighted by molar-refractivity contribution is 9.11. The third-order valence-corrected chi connectivity index (χ3v) is 9.09. The first kappa shape index (κ1) is 33.8. The monoisotopic (exact) mass is 788 g/mol. The number of amides is 1. The van der Waals surface area contributed by atoms with Gasteiger partial charge in [-0.25, -0.2) is 0 Å². The zero-order chi connectivity index (χ0) is 33.5. The molecular formula is C37H31Br2ClN4O4. The predicted octanol–water partition coefficient (Wildman–Crippen LogP) is 8.22. The fraction of sp³-hybridized carbons (Fsp3) is 0.189. The summed E-state index contributed by atoms with van der Waals surface area (Å²) in [4.78, 5) is 26.6. The van der Waals surface area contributed by atoms with Crippen molar-refractivity contribution in [3.63, 3.8) is 0 Å². The molecule has 11 heteroatoms. The number of rotatable bonds is 14. The summed E-state index contributed by atoms with van der Waals surface area (Å²) in [5, 5.41) is 8.32. The highest BCUT2D eigenvalue weighted by Crippen LogP contribution is 2.39. The molecule has 0 saturated heterocycles. The molecule has 0 N–H and O–H groups in total. The van der Waals surface area contributed by atoms with Crippen molar-refractivity contribution in [3.8, 4) is 5.75 Å². The Morgan fingerprint density at radius 3 is 2.21 bits per heavy atom. The van der Waals surface area contributed by atoms with Crippen LogP contribution in [0.2, 0.25) is 0 Å². The largest absolute Gasteiger partial charge is 0.491 e. The van der Waals surface area contributed by atoms with E-state index in [1.54, 1.807) is 16.9 Å². The van der Waals surface area contributed by atoms with Gasteiger partial charge in [0.05, 0.1) is 37.2 Å². The number of nitrogens with zero attached hydrogens (tertiary/aromatic N) is 4. The lowest BCUT2D eigenvalue weighted by molar-refractivity contribution is -0.114. The first-order valence-electron chi connectivity index (χ1n) is 15.4. The molecule has 1 aromatic heterocycles. The summed E-state index contributed by atoms with van der Waals surface area (Å²) in [7, 11) is 0. The fourth-order valence-electron chi connectivity index (χ4n) is 5.66. The van der Waals surface area contributed by atoms with Gasteiger partial charge in [0.25, 0.3) is 11.7 Å². The van der Waals surface area contributed by atoms with Crippen molar-refractivity contribution >= 4 is 72.0 Å². The van der Waals surface area contributed by atoms with Gasteiger partial charge in [-0.05, 0) is 74.5 Å². The molecule has 244 valence electrons. The van der Waals surface area contributed by atoms with Gasteiger partial charge in [0, 0.05) is 21.4 Å². The lowest BCUT2D eigenvalue weighted by atomic mass is 9.88. The van der Waals surface area contributed by atoms with Crippen LogP contribution < -0.4 is 9.64 Å². The molecule has 0 bridgehead atoms. The molecule has 4 aromatic carbocycles. The van der Waals surface area contributed by atoms with Gasteiger partial charge < -0.3 is 14.4 Å². The number of anilines is 1. The number of fused-ring (bicyclic) bond motifs is 1. The molecular weight excluding hydrogens is 760 g/mol. The van der Waals surface area contributed by atoms with E-state index in [1.165, 1.54) is 10.5 Å². The standard InChI is InChI=1S/C37H31Br2ClN4O4/c38-28-21-32-35(33(39)22-28)44(37(46)36(32)45)18-17-43-23-29(41-42-43)24-47-19-20-48-30-13-11-27(12-14-30)34(26-9-5-2-6-10-26)31(15-16-40)25-7-3-1-4-8-25/h1-14,21-23H,15-20,24H2/b34-31-. The van der Waals surface area contributed by atoms with Gasteiger partial charge in [0.15, 0.2) is 0 Å². The van der Waals surface area contributed by atoms with Crippen LogP contribution >= 0.6 is 43.5 Å². The zero-order valence-corrected chi connectivity index (χ0v) is 29.7. The van der Waals surface area contributed by atoms with Gasteiger partial charge in [0.2, 0.25) is 0 Å². The minimum atomic E-state index is -0.557. The molecule has 2 heterocycles. The molecule has 1 aliphatic rings. The van der Waals surface area contributed by atoms with Crippen LogP contribution in [0.4, 0.5) is 5.69 Å². The van der Waals surface area contributed by atoms with Gasteiger partial charge >= 0.3 is 0 Å². The number of ether oxygens (including phenoxy) is 2. The maximum atomic E-state index is 12.6. The minimum absolute atomic E-state index is 0.264. The summed E-state index contributed by atoms with van der Waals surface area (Å²) in [6, 6.07) is 32.3. The Hall–Kier alpha value is -4.09. The molecule has 0 radical (unpaired) electrons. The average Bonchev–Trinajstić information content (AvgIpc) is 3.66. The third-order valence-electron chi connectivity index (χ3n) is 7.84. The molecule has 0 fully saturated rings. The average molecular weight is 791 g/mol. The van der Waals surface area contributed by atoms with E-state index in [9.17, 15) is 9.59 Å². The van der Waals surface area contributed by atoms with E-state index in [-0.39, 0.29) is 13.2 Å². The Kier molecular flexibility index (Phi) is 11.2. The molecule has 0 atom stereocenters. The number of halogens is 3. The molecule has 0 aliphatic carbocycles. The van der Waals surface area contributed by atoms with Crippen molar-refractivity contribution < 1.29 is 19.1 Å². The fourth-order valence-corrected chi connectivity index (χ4v) is 7.29. The summed E-state index contributed by atoms with van der Waals surface area (Å²) in [5.74, 6) is 0.185. The minimum Gasteiger partial charge on any atom is -0.491 e. The van der Waals surface area contributed by atoms with Gasteiger partial charge in [0.1, 0.15) is 18.1 Å². The second kappa shape index (κ2) is 15.9.